The Kier molecular flexibility index (Phi) is 6.13. The van der Waals surface area contributed by atoms with Crippen LogP contribution in [0, 0.1) is 0 Å². The van der Waals surface area contributed by atoms with Crippen LogP contribution >= 0.6 is 22.9 Å². The molecule has 1 aliphatic heterocycles. The Morgan fingerprint density at radius 3 is 2.80 bits per heavy atom. The van der Waals surface area contributed by atoms with Crippen molar-refractivity contribution in [1.82, 2.24) is 9.88 Å². The van der Waals surface area contributed by atoms with E-state index in [0.717, 1.165) is 4.88 Å². The van der Waals surface area contributed by atoms with Crippen molar-refractivity contribution in [3.63, 3.8) is 0 Å². The van der Waals surface area contributed by atoms with Gasteiger partial charge in [0.15, 0.2) is 5.15 Å². The summed E-state index contributed by atoms with van der Waals surface area (Å²) in [5.74, 6) is -0.958. The van der Waals surface area contributed by atoms with Crippen LogP contribution in [-0.4, -0.2) is 42.0 Å². The quantitative estimate of drug-likeness (QED) is 0.577. The van der Waals surface area contributed by atoms with E-state index in [2.05, 4.69) is 10.3 Å². The van der Waals surface area contributed by atoms with Crippen molar-refractivity contribution in [2.75, 3.05) is 25.6 Å². The minimum absolute atomic E-state index is 0.107. The van der Waals surface area contributed by atoms with E-state index in [1.54, 1.807) is 36.4 Å². The van der Waals surface area contributed by atoms with E-state index in [1.807, 2.05) is 35.7 Å². The van der Waals surface area contributed by atoms with Gasteiger partial charge in [0.05, 0.1) is 24.3 Å². The highest BCUT2D eigenvalue weighted by atomic mass is 35.5. The third kappa shape index (κ3) is 3.84. The molecule has 154 valence electrons. The fourth-order valence-corrected chi connectivity index (χ4v) is 4.82. The largest absolute Gasteiger partial charge is 0.383 e. The molecule has 0 saturated carbocycles. The number of carbonyl (C=O) groups excluding carboxylic acids is 2. The van der Waals surface area contributed by atoms with Crippen molar-refractivity contribution in [3.05, 3.63) is 81.3 Å². The van der Waals surface area contributed by atoms with E-state index in [1.165, 1.54) is 11.3 Å². The molecular weight excluding hydrogens is 422 g/mol. The summed E-state index contributed by atoms with van der Waals surface area (Å²) in [6.45, 7) is 0.752. The molecule has 0 radical (unpaired) electrons. The summed E-state index contributed by atoms with van der Waals surface area (Å²) in [5, 5.41) is 5.07. The molecule has 2 atom stereocenters. The molecule has 0 bridgehead atoms. The van der Waals surface area contributed by atoms with E-state index in [0.29, 0.717) is 30.0 Å². The second-order valence-electron chi connectivity index (χ2n) is 6.85. The number of halogens is 1. The summed E-state index contributed by atoms with van der Waals surface area (Å²) < 4.78 is 5.24. The molecule has 1 N–H and O–H groups in total. The van der Waals surface area contributed by atoms with Crippen LogP contribution < -0.4 is 5.32 Å². The van der Waals surface area contributed by atoms with Crippen LogP contribution in [0.25, 0.3) is 0 Å². The normalized spacial score (nSPS) is 18.2. The molecule has 1 aromatic carbocycles. The van der Waals surface area contributed by atoms with E-state index >= 15 is 0 Å². The first-order valence-corrected chi connectivity index (χ1v) is 10.7. The number of nitrogens with one attached hydrogen (secondary N) is 1. The van der Waals surface area contributed by atoms with Crippen LogP contribution in [0.2, 0.25) is 5.15 Å². The Labute approximate surface area is 183 Å². The maximum absolute atomic E-state index is 13.6. The number of thiophene rings is 1. The van der Waals surface area contributed by atoms with Crippen molar-refractivity contribution in [2.45, 2.75) is 12.0 Å². The highest BCUT2D eigenvalue weighted by Gasteiger charge is 2.44. The molecule has 30 heavy (non-hydrogen) atoms. The van der Waals surface area contributed by atoms with Crippen LogP contribution in [0.1, 0.15) is 32.8 Å². The summed E-state index contributed by atoms with van der Waals surface area (Å²) in [4.78, 5) is 33.6. The number of carbonyl (C=O) groups is 2. The van der Waals surface area contributed by atoms with Gasteiger partial charge in [-0.1, -0.05) is 35.9 Å². The number of fused-ring (bicyclic) bond motifs is 1. The number of anilines is 1. The minimum Gasteiger partial charge on any atom is -0.383 e. The highest BCUT2D eigenvalue weighted by Crippen LogP contribution is 2.44. The van der Waals surface area contributed by atoms with Crippen molar-refractivity contribution >= 4 is 40.4 Å². The van der Waals surface area contributed by atoms with Crippen LogP contribution in [0.3, 0.4) is 0 Å². The predicted molar refractivity (Wildman–Crippen MR) is 117 cm³/mol. The van der Waals surface area contributed by atoms with Crippen molar-refractivity contribution in [1.29, 1.82) is 0 Å². The van der Waals surface area contributed by atoms with Crippen LogP contribution in [0.5, 0.6) is 0 Å². The standard InChI is InChI=1S/C22H20ClN3O3S/c1-29-12-11-26-19(17-9-5-13-30-17)18(14-6-2-3-7-15(14)22(26)28)21(27)25-16-8-4-10-24-20(16)23/h2-10,13,18-19H,11-12H2,1H3,(H,25,27). The molecule has 8 heteroatoms. The van der Waals surface area contributed by atoms with E-state index in [-0.39, 0.29) is 17.0 Å². The predicted octanol–water partition coefficient (Wildman–Crippen LogP) is 4.36. The number of aromatic nitrogens is 1. The molecule has 0 saturated heterocycles. The lowest BCUT2D eigenvalue weighted by Crippen LogP contribution is -2.47. The number of benzene rings is 1. The van der Waals surface area contributed by atoms with Gasteiger partial charge in [0.2, 0.25) is 5.91 Å². The summed E-state index contributed by atoms with van der Waals surface area (Å²) in [5.41, 5.74) is 1.66. The van der Waals surface area contributed by atoms with E-state index in [9.17, 15) is 9.59 Å². The Morgan fingerprint density at radius 1 is 1.23 bits per heavy atom. The smallest absolute Gasteiger partial charge is 0.254 e. The molecule has 1 aliphatic rings. The Morgan fingerprint density at radius 2 is 2.07 bits per heavy atom. The second kappa shape index (κ2) is 8.95. The Balaban J connectivity index is 1.81. The average molecular weight is 442 g/mol. The lowest BCUT2D eigenvalue weighted by atomic mass is 9.81. The zero-order chi connectivity index (χ0) is 21.1. The van der Waals surface area contributed by atoms with Gasteiger partial charge < -0.3 is 15.0 Å². The molecule has 4 rings (SSSR count). The number of rotatable bonds is 6. The highest BCUT2D eigenvalue weighted by molar-refractivity contribution is 7.10. The molecule has 2 unspecified atom stereocenters. The maximum Gasteiger partial charge on any atom is 0.254 e. The molecular formula is C22H20ClN3O3S. The first-order valence-electron chi connectivity index (χ1n) is 9.45. The molecule has 2 aromatic heterocycles. The number of hydrogen-bond donors (Lipinski definition) is 1. The molecule has 3 heterocycles. The zero-order valence-electron chi connectivity index (χ0n) is 16.2. The summed E-state index contributed by atoms with van der Waals surface area (Å²) in [6.07, 6.45) is 1.56. The minimum atomic E-state index is -0.606. The number of amides is 2. The first kappa shape index (κ1) is 20.5. The molecule has 0 fully saturated rings. The first-order chi connectivity index (χ1) is 14.6. The molecule has 6 nitrogen and oxygen atoms in total. The Bertz CT molecular complexity index is 1060. The number of methoxy groups -OCH3 is 1. The molecule has 2 amide bonds. The summed E-state index contributed by atoms with van der Waals surface area (Å²) in [6, 6.07) is 14.1. The van der Waals surface area contributed by atoms with Gasteiger partial charge in [-0.15, -0.1) is 11.3 Å². The van der Waals surface area contributed by atoms with Gasteiger partial charge in [-0.05, 0) is 35.2 Å². The van der Waals surface area contributed by atoms with E-state index in [4.69, 9.17) is 16.3 Å². The number of nitrogens with zero attached hydrogens (tertiary/aromatic N) is 2. The van der Waals surface area contributed by atoms with Crippen molar-refractivity contribution in [2.24, 2.45) is 0 Å². The SMILES string of the molecule is COCCN1C(=O)c2ccccc2C(C(=O)Nc2cccnc2Cl)C1c1cccs1. The van der Waals surface area contributed by atoms with Crippen LogP contribution in [0.15, 0.2) is 60.1 Å². The molecule has 0 aliphatic carbocycles. The van der Waals surface area contributed by atoms with Gasteiger partial charge in [-0.25, -0.2) is 4.98 Å². The number of pyridine rings is 1. The van der Waals surface area contributed by atoms with Gasteiger partial charge in [0.25, 0.3) is 5.91 Å². The number of hydrogen-bond acceptors (Lipinski definition) is 5. The lowest BCUT2D eigenvalue weighted by Gasteiger charge is -2.41. The van der Waals surface area contributed by atoms with Crippen molar-refractivity contribution < 1.29 is 14.3 Å². The fourth-order valence-electron chi connectivity index (χ4n) is 3.78. The third-order valence-corrected chi connectivity index (χ3v) is 6.35. The van der Waals surface area contributed by atoms with Crippen LogP contribution in [-0.2, 0) is 9.53 Å². The summed E-state index contributed by atoms with van der Waals surface area (Å²) in [7, 11) is 1.59. The van der Waals surface area contributed by atoms with Gasteiger partial charge in [0.1, 0.15) is 0 Å². The van der Waals surface area contributed by atoms with Gasteiger partial charge in [-0.2, -0.15) is 0 Å². The molecule has 3 aromatic rings. The monoisotopic (exact) mass is 441 g/mol. The van der Waals surface area contributed by atoms with Gasteiger partial charge in [0, 0.05) is 30.3 Å². The van der Waals surface area contributed by atoms with Gasteiger partial charge >= 0.3 is 0 Å². The number of ether oxygens (including phenoxy) is 1. The fraction of sp³-hybridized carbons (Fsp3) is 0.227. The topological polar surface area (TPSA) is 71.5 Å². The summed E-state index contributed by atoms with van der Waals surface area (Å²) >= 11 is 7.68. The third-order valence-electron chi connectivity index (χ3n) is 5.11. The average Bonchev–Trinajstić information content (AvgIpc) is 3.29. The van der Waals surface area contributed by atoms with Crippen LogP contribution in [0.4, 0.5) is 5.69 Å². The maximum atomic E-state index is 13.6. The zero-order valence-corrected chi connectivity index (χ0v) is 17.8. The molecule has 0 spiro atoms. The van der Waals surface area contributed by atoms with Gasteiger partial charge in [-0.3, -0.25) is 9.59 Å². The van der Waals surface area contributed by atoms with E-state index < -0.39 is 12.0 Å². The Hall–Kier alpha value is -2.74. The second-order valence-corrected chi connectivity index (χ2v) is 8.18. The lowest BCUT2D eigenvalue weighted by molar-refractivity contribution is -0.119. The van der Waals surface area contributed by atoms with Crippen molar-refractivity contribution in [3.8, 4) is 0 Å².